The summed E-state index contributed by atoms with van der Waals surface area (Å²) in [6, 6.07) is 4.54. The van der Waals surface area contributed by atoms with Crippen molar-refractivity contribution in [1.82, 2.24) is 4.90 Å². The lowest BCUT2D eigenvalue weighted by Crippen LogP contribution is -2.45. The van der Waals surface area contributed by atoms with E-state index in [0.717, 1.165) is 0 Å². The van der Waals surface area contributed by atoms with E-state index in [0.29, 0.717) is 33.3 Å². The van der Waals surface area contributed by atoms with E-state index in [9.17, 15) is 9.59 Å². The fourth-order valence-electron chi connectivity index (χ4n) is 2.47. The third-order valence-electron chi connectivity index (χ3n) is 3.71. The second kappa shape index (κ2) is 7.23. The van der Waals surface area contributed by atoms with Crippen LogP contribution in [0.2, 0.25) is 10.0 Å². The predicted octanol–water partition coefficient (Wildman–Crippen LogP) is 3.00. The first kappa shape index (κ1) is 17.6. The molecule has 1 heterocycles. The number of carbonyl (C=O) groups excluding carboxylic acids is 2. The van der Waals surface area contributed by atoms with E-state index in [4.69, 9.17) is 33.7 Å². The van der Waals surface area contributed by atoms with Crippen molar-refractivity contribution in [2.75, 3.05) is 13.2 Å². The highest BCUT2D eigenvalue weighted by Gasteiger charge is 2.31. The van der Waals surface area contributed by atoms with E-state index in [2.05, 4.69) is 0 Å². The number of hydrogen-bond donors (Lipinski definition) is 1. The maximum atomic E-state index is 12.7. The van der Waals surface area contributed by atoms with Crippen LogP contribution in [0.5, 0.6) is 0 Å². The second-order valence-corrected chi connectivity index (χ2v) is 6.15. The van der Waals surface area contributed by atoms with Gasteiger partial charge in [0.05, 0.1) is 28.8 Å². The van der Waals surface area contributed by atoms with Gasteiger partial charge in [0.15, 0.2) is 0 Å². The van der Waals surface area contributed by atoms with Gasteiger partial charge in [-0.1, -0.05) is 23.2 Å². The second-order valence-electron chi connectivity index (χ2n) is 5.34. The van der Waals surface area contributed by atoms with E-state index in [1.165, 1.54) is 6.07 Å². The van der Waals surface area contributed by atoms with Crippen molar-refractivity contribution in [2.24, 2.45) is 5.73 Å². The molecule has 0 saturated heterocycles. The molecule has 0 saturated carbocycles. The Morgan fingerprint density at radius 2 is 2.04 bits per heavy atom. The summed E-state index contributed by atoms with van der Waals surface area (Å²) >= 11 is 11.8. The van der Waals surface area contributed by atoms with E-state index in [-0.39, 0.29) is 25.1 Å². The summed E-state index contributed by atoms with van der Waals surface area (Å²) < 4.78 is 5.00. The van der Waals surface area contributed by atoms with Gasteiger partial charge in [-0.05, 0) is 32.0 Å². The molecule has 2 N–H and O–H groups in total. The maximum Gasteiger partial charge on any atom is 0.335 e. The number of rotatable bonds is 3. The molecule has 1 aromatic rings. The highest BCUT2D eigenvalue weighted by molar-refractivity contribution is 6.42. The SMILES string of the molecule is CCOC(=O)C1=C(N)CN(C(=O)c2ccc(Cl)c(Cl)c2)[C@H](C)C1. The normalized spacial score (nSPS) is 18.1. The molecule has 5 nitrogen and oxygen atoms in total. The summed E-state index contributed by atoms with van der Waals surface area (Å²) in [7, 11) is 0. The number of hydrogen-bond acceptors (Lipinski definition) is 4. The van der Waals surface area contributed by atoms with Crippen LogP contribution in [0.15, 0.2) is 29.5 Å². The molecular weight excluding hydrogens is 339 g/mol. The van der Waals surface area contributed by atoms with Crippen molar-refractivity contribution in [1.29, 1.82) is 0 Å². The first-order valence-corrected chi connectivity index (χ1v) is 8.01. The Balaban J connectivity index is 2.23. The van der Waals surface area contributed by atoms with Gasteiger partial charge in [0.2, 0.25) is 0 Å². The highest BCUT2D eigenvalue weighted by Crippen LogP contribution is 2.27. The summed E-state index contributed by atoms with van der Waals surface area (Å²) in [5.41, 5.74) is 7.20. The van der Waals surface area contributed by atoms with Crippen molar-refractivity contribution in [3.05, 3.63) is 45.1 Å². The summed E-state index contributed by atoms with van der Waals surface area (Å²) in [6.07, 6.45) is 0.359. The Kier molecular flexibility index (Phi) is 5.55. The molecule has 0 aromatic heterocycles. The molecule has 0 radical (unpaired) electrons. The average molecular weight is 357 g/mol. The number of nitrogens with two attached hydrogens (primary N) is 1. The van der Waals surface area contributed by atoms with Crippen LogP contribution < -0.4 is 5.73 Å². The summed E-state index contributed by atoms with van der Waals surface area (Å²) in [5, 5.41) is 0.705. The zero-order valence-electron chi connectivity index (χ0n) is 12.9. The van der Waals surface area contributed by atoms with Crippen LogP contribution in [0, 0.1) is 0 Å². The van der Waals surface area contributed by atoms with E-state index >= 15 is 0 Å². The lowest BCUT2D eigenvalue weighted by Gasteiger charge is -2.34. The Bertz CT molecular complexity index is 673. The van der Waals surface area contributed by atoms with Gasteiger partial charge in [0.1, 0.15) is 0 Å². The number of nitrogens with zero attached hydrogens (tertiary/aromatic N) is 1. The average Bonchev–Trinajstić information content (AvgIpc) is 2.51. The monoisotopic (exact) mass is 356 g/mol. The summed E-state index contributed by atoms with van der Waals surface area (Å²) in [5.74, 6) is -0.625. The van der Waals surface area contributed by atoms with E-state index in [1.54, 1.807) is 24.0 Å². The lowest BCUT2D eigenvalue weighted by molar-refractivity contribution is -0.139. The third kappa shape index (κ3) is 3.79. The van der Waals surface area contributed by atoms with Gasteiger partial charge in [0.25, 0.3) is 5.91 Å². The maximum absolute atomic E-state index is 12.7. The number of carbonyl (C=O) groups is 2. The summed E-state index contributed by atoms with van der Waals surface area (Å²) in [6.45, 7) is 4.06. The van der Waals surface area contributed by atoms with Gasteiger partial charge >= 0.3 is 5.97 Å². The standard InChI is InChI=1S/C16H18Cl2N2O3/c1-3-23-16(22)11-6-9(2)20(8-14(11)19)15(21)10-4-5-12(17)13(18)7-10/h4-5,7,9H,3,6,8,19H2,1-2H3/t9-/m1/s1. The van der Waals surface area contributed by atoms with Gasteiger partial charge in [0, 0.05) is 23.7 Å². The number of benzene rings is 1. The zero-order chi connectivity index (χ0) is 17.1. The smallest absolute Gasteiger partial charge is 0.335 e. The van der Waals surface area contributed by atoms with Crippen molar-refractivity contribution in [2.45, 2.75) is 26.3 Å². The molecule has 0 spiro atoms. The van der Waals surface area contributed by atoms with Crippen molar-refractivity contribution >= 4 is 35.1 Å². The molecule has 2 rings (SSSR count). The van der Waals surface area contributed by atoms with Crippen molar-refractivity contribution in [3.63, 3.8) is 0 Å². The first-order valence-electron chi connectivity index (χ1n) is 7.25. The molecule has 0 bridgehead atoms. The van der Waals surface area contributed by atoms with Crippen LogP contribution in [-0.4, -0.2) is 36.0 Å². The minimum atomic E-state index is -0.418. The third-order valence-corrected chi connectivity index (χ3v) is 4.45. The summed E-state index contributed by atoms with van der Waals surface area (Å²) in [4.78, 5) is 26.1. The molecule has 1 aliphatic rings. The highest BCUT2D eigenvalue weighted by atomic mass is 35.5. The Morgan fingerprint density at radius 3 is 2.65 bits per heavy atom. The fourth-order valence-corrected chi connectivity index (χ4v) is 2.77. The number of halogens is 2. The van der Waals surface area contributed by atoms with Gasteiger partial charge < -0.3 is 15.4 Å². The molecule has 0 fully saturated rings. The molecule has 1 amide bonds. The molecule has 7 heteroatoms. The van der Waals surface area contributed by atoms with Crippen LogP contribution in [0.4, 0.5) is 0 Å². The fraction of sp³-hybridized carbons (Fsp3) is 0.375. The number of ether oxygens (including phenoxy) is 1. The topological polar surface area (TPSA) is 72.6 Å². The predicted molar refractivity (Wildman–Crippen MR) is 89.4 cm³/mol. The van der Waals surface area contributed by atoms with Gasteiger partial charge in [-0.25, -0.2) is 4.79 Å². The van der Waals surface area contributed by atoms with Crippen LogP contribution in [-0.2, 0) is 9.53 Å². The van der Waals surface area contributed by atoms with Crippen LogP contribution in [0.3, 0.4) is 0 Å². The molecule has 0 unspecified atom stereocenters. The Labute approximate surface area is 145 Å². The van der Waals surface area contributed by atoms with Crippen LogP contribution in [0.1, 0.15) is 30.6 Å². The molecule has 23 heavy (non-hydrogen) atoms. The Hall–Kier alpha value is -1.72. The Morgan fingerprint density at radius 1 is 1.35 bits per heavy atom. The molecule has 124 valence electrons. The van der Waals surface area contributed by atoms with Crippen LogP contribution >= 0.6 is 23.2 Å². The lowest BCUT2D eigenvalue weighted by atomic mass is 9.98. The van der Waals surface area contributed by atoms with Gasteiger partial charge in [-0.15, -0.1) is 0 Å². The first-order chi connectivity index (χ1) is 10.8. The number of esters is 1. The number of amides is 1. The molecule has 1 atom stereocenters. The van der Waals surface area contributed by atoms with Gasteiger partial charge in [-0.3, -0.25) is 4.79 Å². The largest absolute Gasteiger partial charge is 0.463 e. The van der Waals surface area contributed by atoms with Crippen molar-refractivity contribution < 1.29 is 14.3 Å². The minimum Gasteiger partial charge on any atom is -0.463 e. The van der Waals surface area contributed by atoms with E-state index in [1.807, 2.05) is 6.92 Å². The minimum absolute atomic E-state index is 0.175. The molecule has 1 aromatic carbocycles. The molecule has 0 aliphatic carbocycles. The zero-order valence-corrected chi connectivity index (χ0v) is 14.4. The van der Waals surface area contributed by atoms with Crippen molar-refractivity contribution in [3.8, 4) is 0 Å². The van der Waals surface area contributed by atoms with E-state index < -0.39 is 5.97 Å². The van der Waals surface area contributed by atoms with Gasteiger partial charge in [-0.2, -0.15) is 0 Å². The molecular formula is C16H18Cl2N2O3. The van der Waals surface area contributed by atoms with Crippen LogP contribution in [0.25, 0.3) is 0 Å². The quantitative estimate of drug-likeness (QED) is 0.844. The molecule has 1 aliphatic heterocycles.